The normalized spacial score (nSPS) is 15.5. The van der Waals surface area contributed by atoms with Crippen molar-refractivity contribution in [2.75, 3.05) is 0 Å². The summed E-state index contributed by atoms with van der Waals surface area (Å²) in [5.74, 6) is 0.442. The summed E-state index contributed by atoms with van der Waals surface area (Å²) in [7, 11) is 0. The minimum atomic E-state index is -0.156. The first kappa shape index (κ1) is 14.0. The van der Waals surface area contributed by atoms with Crippen molar-refractivity contribution in [2.45, 2.75) is 45.1 Å². The summed E-state index contributed by atoms with van der Waals surface area (Å²) >= 11 is 0. The highest BCUT2D eigenvalue weighted by Gasteiger charge is 2.24. The van der Waals surface area contributed by atoms with Crippen molar-refractivity contribution < 1.29 is 0 Å². The van der Waals surface area contributed by atoms with E-state index in [1.165, 1.54) is 12.8 Å². The molecular formula is C16H18N6O. The average Bonchev–Trinajstić information content (AvgIpc) is 3.22. The first-order valence-electron chi connectivity index (χ1n) is 8.05. The van der Waals surface area contributed by atoms with E-state index in [1.807, 2.05) is 11.6 Å². The summed E-state index contributed by atoms with van der Waals surface area (Å²) in [5.41, 5.74) is 1.88. The fourth-order valence-electron chi connectivity index (χ4n) is 3.31. The second-order valence-electron chi connectivity index (χ2n) is 5.89. The molecule has 4 rings (SSSR count). The quantitative estimate of drug-likeness (QED) is 0.801. The molecule has 1 aliphatic carbocycles. The van der Waals surface area contributed by atoms with Crippen LogP contribution in [0.1, 0.15) is 44.3 Å². The zero-order chi connectivity index (χ0) is 15.8. The molecule has 3 aromatic heterocycles. The maximum Gasteiger partial charge on any atom is 0.262 e. The fourth-order valence-corrected chi connectivity index (χ4v) is 3.31. The third-order valence-electron chi connectivity index (χ3n) is 4.45. The number of hydrogen-bond acceptors (Lipinski definition) is 5. The summed E-state index contributed by atoms with van der Waals surface area (Å²) in [6.45, 7) is 2.01. The third-order valence-corrected chi connectivity index (χ3v) is 4.45. The number of rotatable bonds is 3. The predicted octanol–water partition coefficient (Wildman–Crippen LogP) is 2.25. The number of fused-ring (bicyclic) bond motifs is 1. The first-order valence-corrected chi connectivity index (χ1v) is 8.05. The molecule has 1 N–H and O–H groups in total. The zero-order valence-electron chi connectivity index (χ0n) is 13.0. The van der Waals surface area contributed by atoms with Crippen LogP contribution < -0.4 is 5.56 Å². The van der Waals surface area contributed by atoms with E-state index in [9.17, 15) is 4.79 Å². The van der Waals surface area contributed by atoms with Crippen LogP contribution in [0.15, 0.2) is 23.4 Å². The van der Waals surface area contributed by atoms with E-state index in [1.54, 1.807) is 18.6 Å². The van der Waals surface area contributed by atoms with E-state index in [-0.39, 0.29) is 5.56 Å². The lowest BCUT2D eigenvalue weighted by Crippen LogP contribution is -2.13. The molecular weight excluding hydrogens is 292 g/mol. The van der Waals surface area contributed by atoms with Crippen LogP contribution in [-0.2, 0) is 6.42 Å². The van der Waals surface area contributed by atoms with Crippen LogP contribution in [0.4, 0.5) is 0 Å². The molecule has 0 amide bonds. The Hall–Kier alpha value is -2.57. The van der Waals surface area contributed by atoms with Crippen LogP contribution in [0.3, 0.4) is 0 Å². The van der Waals surface area contributed by atoms with E-state index in [4.69, 9.17) is 0 Å². The molecule has 118 valence electrons. The Bertz CT molecular complexity index is 892. The van der Waals surface area contributed by atoms with E-state index in [0.717, 1.165) is 18.5 Å². The van der Waals surface area contributed by atoms with Gasteiger partial charge in [0.05, 0.1) is 17.9 Å². The van der Waals surface area contributed by atoms with Gasteiger partial charge in [-0.1, -0.05) is 19.8 Å². The van der Waals surface area contributed by atoms with E-state index >= 15 is 0 Å². The third kappa shape index (κ3) is 2.32. The van der Waals surface area contributed by atoms with Gasteiger partial charge in [-0.05, 0) is 19.3 Å². The summed E-state index contributed by atoms with van der Waals surface area (Å²) in [6.07, 6.45) is 10.1. The van der Waals surface area contributed by atoms with Gasteiger partial charge in [-0.2, -0.15) is 5.10 Å². The molecule has 0 aliphatic heterocycles. The maximum atomic E-state index is 12.6. The van der Waals surface area contributed by atoms with Crippen LogP contribution in [0, 0.1) is 0 Å². The number of aromatic amines is 1. The largest absolute Gasteiger partial charge is 0.304 e. The van der Waals surface area contributed by atoms with Gasteiger partial charge >= 0.3 is 0 Å². The highest BCUT2D eigenvalue weighted by molar-refractivity contribution is 5.79. The summed E-state index contributed by atoms with van der Waals surface area (Å²) in [5, 5.41) is 5.29. The molecule has 1 saturated carbocycles. The van der Waals surface area contributed by atoms with Gasteiger partial charge in [-0.25, -0.2) is 14.6 Å². The van der Waals surface area contributed by atoms with E-state index in [0.29, 0.717) is 35.0 Å². The molecule has 0 spiro atoms. The molecule has 23 heavy (non-hydrogen) atoms. The molecule has 0 saturated heterocycles. The Morgan fingerprint density at radius 1 is 1.30 bits per heavy atom. The van der Waals surface area contributed by atoms with Crippen molar-refractivity contribution in [3.05, 3.63) is 34.6 Å². The molecule has 3 aromatic rings. The molecule has 1 aliphatic rings. The lowest BCUT2D eigenvalue weighted by atomic mass is 10.2. The lowest BCUT2D eigenvalue weighted by Gasteiger charge is -2.10. The Kier molecular flexibility index (Phi) is 3.40. The Balaban J connectivity index is 1.96. The summed E-state index contributed by atoms with van der Waals surface area (Å²) in [4.78, 5) is 28.3. The Labute approximate surface area is 132 Å². The lowest BCUT2D eigenvalue weighted by molar-refractivity contribution is 0.474. The smallest absolute Gasteiger partial charge is 0.262 e. The number of aryl methyl sites for hydroxylation is 1. The predicted molar refractivity (Wildman–Crippen MR) is 86.1 cm³/mol. The Morgan fingerprint density at radius 2 is 2.13 bits per heavy atom. The van der Waals surface area contributed by atoms with Gasteiger partial charge in [0.25, 0.3) is 5.56 Å². The van der Waals surface area contributed by atoms with Crippen molar-refractivity contribution in [1.82, 2.24) is 29.7 Å². The number of aromatic nitrogens is 6. The van der Waals surface area contributed by atoms with Gasteiger partial charge in [-0.15, -0.1) is 0 Å². The van der Waals surface area contributed by atoms with Crippen LogP contribution in [0.25, 0.3) is 22.6 Å². The average molecular weight is 310 g/mol. The molecule has 3 heterocycles. The molecule has 0 unspecified atom stereocenters. The molecule has 0 aromatic carbocycles. The van der Waals surface area contributed by atoms with Crippen molar-refractivity contribution in [3.63, 3.8) is 0 Å². The monoisotopic (exact) mass is 310 g/mol. The van der Waals surface area contributed by atoms with Gasteiger partial charge < -0.3 is 4.98 Å². The van der Waals surface area contributed by atoms with Crippen LogP contribution in [0.2, 0.25) is 0 Å². The van der Waals surface area contributed by atoms with E-state index < -0.39 is 0 Å². The van der Waals surface area contributed by atoms with Crippen LogP contribution in [-0.4, -0.2) is 29.7 Å². The highest BCUT2D eigenvalue weighted by atomic mass is 16.1. The minimum absolute atomic E-state index is 0.156. The standard InChI is InChI=1S/C16H18N6O/c1-2-11-13-15(22(21-11)10-5-3-4-6-10)19-14(20-16(13)23)12-9-17-7-8-18-12/h7-10H,2-6H2,1H3,(H,19,20,23). The second-order valence-corrected chi connectivity index (χ2v) is 5.89. The van der Waals surface area contributed by atoms with Crippen LogP contribution >= 0.6 is 0 Å². The molecule has 7 nitrogen and oxygen atoms in total. The summed E-state index contributed by atoms with van der Waals surface area (Å²) in [6, 6.07) is 0.335. The van der Waals surface area contributed by atoms with E-state index in [2.05, 4.69) is 25.0 Å². The topological polar surface area (TPSA) is 89.3 Å². The zero-order valence-corrected chi connectivity index (χ0v) is 13.0. The minimum Gasteiger partial charge on any atom is -0.304 e. The number of hydrogen-bond donors (Lipinski definition) is 1. The number of nitrogens with zero attached hydrogens (tertiary/aromatic N) is 5. The Morgan fingerprint density at radius 3 is 2.83 bits per heavy atom. The maximum absolute atomic E-state index is 12.6. The molecule has 0 radical (unpaired) electrons. The van der Waals surface area contributed by atoms with Gasteiger partial charge in [-0.3, -0.25) is 9.78 Å². The molecule has 0 atom stereocenters. The van der Waals surface area contributed by atoms with Gasteiger partial charge in [0.2, 0.25) is 0 Å². The molecule has 0 bridgehead atoms. The van der Waals surface area contributed by atoms with Crippen molar-refractivity contribution >= 4 is 11.0 Å². The van der Waals surface area contributed by atoms with Crippen molar-refractivity contribution in [1.29, 1.82) is 0 Å². The first-order chi connectivity index (χ1) is 11.3. The number of H-pyrrole nitrogens is 1. The molecule has 7 heteroatoms. The van der Waals surface area contributed by atoms with Gasteiger partial charge in [0.15, 0.2) is 11.5 Å². The van der Waals surface area contributed by atoms with Crippen molar-refractivity contribution in [3.8, 4) is 11.5 Å². The fraction of sp³-hybridized carbons (Fsp3) is 0.438. The second kappa shape index (κ2) is 5.57. The summed E-state index contributed by atoms with van der Waals surface area (Å²) < 4.78 is 1.95. The van der Waals surface area contributed by atoms with Crippen molar-refractivity contribution in [2.24, 2.45) is 0 Å². The van der Waals surface area contributed by atoms with Gasteiger partial charge in [0.1, 0.15) is 11.1 Å². The number of nitrogens with one attached hydrogen (secondary N) is 1. The SMILES string of the molecule is CCc1nn(C2CCCC2)c2nc(-c3cnccn3)[nH]c(=O)c12. The van der Waals surface area contributed by atoms with Gasteiger partial charge in [0, 0.05) is 12.4 Å². The van der Waals surface area contributed by atoms with Crippen LogP contribution in [0.5, 0.6) is 0 Å². The highest BCUT2D eigenvalue weighted by Crippen LogP contribution is 2.31. The molecule has 1 fully saturated rings.